The van der Waals surface area contributed by atoms with Crippen molar-refractivity contribution < 1.29 is 19.3 Å². The van der Waals surface area contributed by atoms with Gasteiger partial charge in [0.2, 0.25) is 0 Å². The van der Waals surface area contributed by atoms with Crippen LogP contribution in [-0.4, -0.2) is 37.5 Å². The normalized spacial score (nSPS) is 45.0. The van der Waals surface area contributed by atoms with Gasteiger partial charge >= 0.3 is 0 Å². The first-order valence-corrected chi connectivity index (χ1v) is 5.28. The molecule has 0 aliphatic carbocycles. The Morgan fingerprint density at radius 2 is 1.57 bits per heavy atom. The van der Waals surface area contributed by atoms with Crippen LogP contribution in [0.3, 0.4) is 0 Å². The standard InChI is InChI=1S/C10H18O4/c1-7-2-3-8(4-12-7)9-5-13-10(11)14-6-9/h7-11H,2-6H2,1H3. The summed E-state index contributed by atoms with van der Waals surface area (Å²) in [5.41, 5.74) is 0. The Bertz CT molecular complexity index is 149. The summed E-state index contributed by atoms with van der Waals surface area (Å²) in [5, 5.41) is 8.99. The van der Waals surface area contributed by atoms with E-state index in [2.05, 4.69) is 6.92 Å². The van der Waals surface area contributed by atoms with Crippen LogP contribution in [-0.2, 0) is 14.2 Å². The maximum atomic E-state index is 8.99. The molecule has 2 aliphatic heterocycles. The van der Waals surface area contributed by atoms with E-state index in [1.807, 2.05) is 0 Å². The van der Waals surface area contributed by atoms with Crippen LogP contribution in [0.1, 0.15) is 19.8 Å². The molecule has 0 spiro atoms. The van der Waals surface area contributed by atoms with Crippen molar-refractivity contribution in [3.63, 3.8) is 0 Å². The Balaban J connectivity index is 1.78. The van der Waals surface area contributed by atoms with Gasteiger partial charge in [0.15, 0.2) is 0 Å². The van der Waals surface area contributed by atoms with Gasteiger partial charge < -0.3 is 19.3 Å². The lowest BCUT2D eigenvalue weighted by Gasteiger charge is -2.35. The van der Waals surface area contributed by atoms with Crippen LogP contribution in [0.4, 0.5) is 0 Å². The average molecular weight is 202 g/mol. The van der Waals surface area contributed by atoms with E-state index in [1.165, 1.54) is 6.42 Å². The number of rotatable bonds is 1. The Morgan fingerprint density at radius 1 is 0.929 bits per heavy atom. The summed E-state index contributed by atoms with van der Waals surface area (Å²) >= 11 is 0. The lowest BCUT2D eigenvalue weighted by Crippen LogP contribution is -2.39. The fourth-order valence-electron chi connectivity index (χ4n) is 2.06. The van der Waals surface area contributed by atoms with Gasteiger partial charge in [-0.2, -0.15) is 0 Å². The number of hydrogen-bond acceptors (Lipinski definition) is 4. The fraction of sp³-hybridized carbons (Fsp3) is 1.00. The first-order chi connectivity index (χ1) is 6.75. The zero-order valence-electron chi connectivity index (χ0n) is 8.52. The zero-order valence-corrected chi connectivity index (χ0v) is 8.52. The van der Waals surface area contributed by atoms with Crippen LogP contribution >= 0.6 is 0 Å². The molecule has 4 nitrogen and oxygen atoms in total. The predicted octanol–water partition coefficient (Wildman–Crippen LogP) is 0.740. The molecule has 0 aromatic rings. The van der Waals surface area contributed by atoms with Crippen molar-refractivity contribution in [2.24, 2.45) is 11.8 Å². The number of aliphatic hydroxyl groups is 1. The van der Waals surface area contributed by atoms with Crippen LogP contribution in [0.2, 0.25) is 0 Å². The molecule has 0 bridgehead atoms. The summed E-state index contributed by atoms with van der Waals surface area (Å²) in [6.45, 7) is 3.06. The van der Waals surface area contributed by atoms with Crippen molar-refractivity contribution in [1.82, 2.24) is 0 Å². The average Bonchev–Trinajstić information content (AvgIpc) is 2.21. The van der Waals surface area contributed by atoms with Crippen molar-refractivity contribution in [2.45, 2.75) is 32.3 Å². The quantitative estimate of drug-likeness (QED) is 0.681. The topological polar surface area (TPSA) is 47.9 Å². The summed E-state index contributed by atoms with van der Waals surface area (Å²) in [4.78, 5) is 0. The van der Waals surface area contributed by atoms with Gasteiger partial charge in [0, 0.05) is 5.92 Å². The molecule has 0 aromatic heterocycles. The van der Waals surface area contributed by atoms with Gasteiger partial charge in [-0.15, -0.1) is 0 Å². The van der Waals surface area contributed by atoms with Crippen LogP contribution < -0.4 is 0 Å². The Kier molecular flexibility index (Phi) is 3.38. The minimum absolute atomic E-state index is 0.380. The lowest BCUT2D eigenvalue weighted by atomic mass is 9.87. The molecule has 2 heterocycles. The second kappa shape index (κ2) is 4.57. The highest BCUT2D eigenvalue weighted by atomic mass is 16.8. The third-order valence-electron chi connectivity index (χ3n) is 3.11. The SMILES string of the molecule is CC1CCC(C2COC(O)OC2)CO1. The molecular formula is C10H18O4. The van der Waals surface area contributed by atoms with E-state index in [0.29, 0.717) is 31.2 Å². The molecule has 2 rings (SSSR count). The van der Waals surface area contributed by atoms with Crippen LogP contribution in [0.5, 0.6) is 0 Å². The third-order valence-corrected chi connectivity index (χ3v) is 3.11. The van der Waals surface area contributed by atoms with Crippen molar-refractivity contribution in [1.29, 1.82) is 0 Å². The van der Waals surface area contributed by atoms with E-state index < -0.39 is 6.48 Å². The van der Waals surface area contributed by atoms with Crippen LogP contribution in [0, 0.1) is 11.8 Å². The van der Waals surface area contributed by atoms with Gasteiger partial charge in [0.25, 0.3) is 6.48 Å². The Hall–Kier alpha value is -0.160. The van der Waals surface area contributed by atoms with Crippen LogP contribution in [0.25, 0.3) is 0 Å². The number of ether oxygens (including phenoxy) is 3. The molecule has 0 aromatic carbocycles. The van der Waals surface area contributed by atoms with Crippen molar-refractivity contribution >= 4 is 0 Å². The monoisotopic (exact) mass is 202 g/mol. The molecule has 0 saturated carbocycles. The minimum atomic E-state index is -1.02. The van der Waals surface area contributed by atoms with Gasteiger partial charge in [-0.1, -0.05) is 0 Å². The lowest BCUT2D eigenvalue weighted by molar-refractivity contribution is -0.308. The third kappa shape index (κ3) is 2.45. The van der Waals surface area contributed by atoms with Gasteiger partial charge in [-0.05, 0) is 25.7 Å². The molecule has 2 atom stereocenters. The first-order valence-electron chi connectivity index (χ1n) is 5.28. The van der Waals surface area contributed by atoms with Crippen molar-refractivity contribution in [2.75, 3.05) is 19.8 Å². The van der Waals surface area contributed by atoms with E-state index in [-0.39, 0.29) is 0 Å². The summed E-state index contributed by atoms with van der Waals surface area (Å²) in [6.07, 6.45) is 2.68. The van der Waals surface area contributed by atoms with Crippen molar-refractivity contribution in [3.05, 3.63) is 0 Å². The van der Waals surface area contributed by atoms with Gasteiger partial charge in [-0.25, -0.2) is 0 Å². The molecule has 1 N–H and O–H groups in total. The summed E-state index contributed by atoms with van der Waals surface area (Å²) in [6, 6.07) is 0. The fourth-order valence-corrected chi connectivity index (χ4v) is 2.06. The zero-order chi connectivity index (χ0) is 9.97. The maximum Gasteiger partial charge on any atom is 0.269 e. The minimum Gasteiger partial charge on any atom is -0.378 e. The van der Waals surface area contributed by atoms with Gasteiger partial charge in [0.05, 0.1) is 25.9 Å². The smallest absolute Gasteiger partial charge is 0.269 e. The second-order valence-electron chi connectivity index (χ2n) is 4.22. The van der Waals surface area contributed by atoms with E-state index in [4.69, 9.17) is 19.3 Å². The van der Waals surface area contributed by atoms with Crippen LogP contribution in [0.15, 0.2) is 0 Å². The highest BCUT2D eigenvalue weighted by Crippen LogP contribution is 2.28. The molecule has 82 valence electrons. The van der Waals surface area contributed by atoms with E-state index in [9.17, 15) is 0 Å². The molecular weight excluding hydrogens is 184 g/mol. The molecule has 2 saturated heterocycles. The highest BCUT2D eigenvalue weighted by molar-refractivity contribution is 4.75. The van der Waals surface area contributed by atoms with E-state index >= 15 is 0 Å². The second-order valence-corrected chi connectivity index (χ2v) is 4.22. The summed E-state index contributed by atoms with van der Waals surface area (Å²) < 4.78 is 15.7. The van der Waals surface area contributed by atoms with Gasteiger partial charge in [0.1, 0.15) is 0 Å². The molecule has 2 aliphatic rings. The molecule has 2 fully saturated rings. The predicted molar refractivity (Wildman–Crippen MR) is 49.5 cm³/mol. The Morgan fingerprint density at radius 3 is 2.14 bits per heavy atom. The molecule has 14 heavy (non-hydrogen) atoms. The van der Waals surface area contributed by atoms with Gasteiger partial charge in [-0.3, -0.25) is 0 Å². The molecule has 0 amide bonds. The summed E-state index contributed by atoms with van der Waals surface area (Å²) in [5.74, 6) is 0.907. The molecule has 4 heteroatoms. The Labute approximate surface area is 84.1 Å². The van der Waals surface area contributed by atoms with Crippen molar-refractivity contribution in [3.8, 4) is 0 Å². The largest absolute Gasteiger partial charge is 0.378 e. The summed E-state index contributed by atoms with van der Waals surface area (Å²) in [7, 11) is 0. The number of aliphatic hydroxyl groups excluding tert-OH is 1. The maximum absolute atomic E-state index is 8.99. The molecule has 0 radical (unpaired) electrons. The first kappa shape index (κ1) is 10.4. The molecule has 2 unspecified atom stereocenters. The highest BCUT2D eigenvalue weighted by Gasteiger charge is 2.30. The van der Waals surface area contributed by atoms with E-state index in [1.54, 1.807) is 0 Å². The van der Waals surface area contributed by atoms with E-state index in [0.717, 1.165) is 13.0 Å². The number of hydrogen-bond donors (Lipinski definition) is 1.